The molecule has 2 rings (SSSR count). The van der Waals surface area contributed by atoms with Crippen molar-refractivity contribution in [2.75, 3.05) is 19.8 Å². The fraction of sp³-hybridized carbons (Fsp3) is 0.333. The van der Waals surface area contributed by atoms with E-state index in [-0.39, 0.29) is 12.5 Å². The SMILES string of the molecule is Cc1ccc(/C=C/C(=O)N2CCOC[C@@H]2C(=O)O)cc1. The molecule has 1 aromatic rings. The number of carboxylic acids is 1. The van der Waals surface area contributed by atoms with E-state index in [1.54, 1.807) is 6.08 Å². The van der Waals surface area contributed by atoms with Crippen LogP contribution in [0.15, 0.2) is 30.3 Å². The van der Waals surface area contributed by atoms with Gasteiger partial charge in [-0.1, -0.05) is 29.8 Å². The first-order valence-corrected chi connectivity index (χ1v) is 6.44. The van der Waals surface area contributed by atoms with Crippen molar-refractivity contribution in [3.05, 3.63) is 41.5 Å². The quantitative estimate of drug-likeness (QED) is 0.845. The molecule has 1 atom stereocenters. The number of nitrogens with zero attached hydrogens (tertiary/aromatic N) is 1. The lowest BCUT2D eigenvalue weighted by molar-refractivity contribution is -0.156. The van der Waals surface area contributed by atoms with Gasteiger partial charge in [-0.05, 0) is 18.6 Å². The van der Waals surface area contributed by atoms with Crippen LogP contribution in [0.25, 0.3) is 6.08 Å². The summed E-state index contributed by atoms with van der Waals surface area (Å²) in [6.07, 6.45) is 3.10. The van der Waals surface area contributed by atoms with E-state index in [0.717, 1.165) is 11.1 Å². The molecule has 20 heavy (non-hydrogen) atoms. The number of aryl methyl sites for hydroxylation is 1. The molecule has 0 radical (unpaired) electrons. The van der Waals surface area contributed by atoms with E-state index in [1.165, 1.54) is 11.0 Å². The summed E-state index contributed by atoms with van der Waals surface area (Å²) in [7, 11) is 0. The number of morpholine rings is 1. The molecule has 1 aliphatic rings. The van der Waals surface area contributed by atoms with Crippen LogP contribution in [0.2, 0.25) is 0 Å². The van der Waals surface area contributed by atoms with Gasteiger partial charge in [-0.2, -0.15) is 0 Å². The van der Waals surface area contributed by atoms with Gasteiger partial charge in [0, 0.05) is 12.6 Å². The minimum atomic E-state index is -1.04. The molecule has 106 valence electrons. The van der Waals surface area contributed by atoms with E-state index in [2.05, 4.69) is 0 Å². The van der Waals surface area contributed by atoms with Crippen molar-refractivity contribution in [1.29, 1.82) is 0 Å². The Hall–Kier alpha value is -2.14. The third-order valence-corrected chi connectivity index (χ3v) is 3.19. The second-order valence-corrected chi connectivity index (χ2v) is 4.70. The van der Waals surface area contributed by atoms with E-state index < -0.39 is 12.0 Å². The first-order chi connectivity index (χ1) is 9.58. The van der Waals surface area contributed by atoms with Crippen LogP contribution in [0, 0.1) is 6.92 Å². The molecule has 5 heteroatoms. The average Bonchev–Trinajstić information content (AvgIpc) is 2.46. The first kappa shape index (κ1) is 14.3. The molecular formula is C15H17NO4. The van der Waals surface area contributed by atoms with E-state index >= 15 is 0 Å². The smallest absolute Gasteiger partial charge is 0.328 e. The van der Waals surface area contributed by atoms with Gasteiger partial charge in [-0.3, -0.25) is 4.79 Å². The number of carbonyl (C=O) groups excluding carboxylic acids is 1. The normalized spacial score (nSPS) is 19.2. The molecule has 0 spiro atoms. The highest BCUT2D eigenvalue weighted by molar-refractivity contribution is 5.94. The third-order valence-electron chi connectivity index (χ3n) is 3.19. The molecule has 1 N–H and O–H groups in total. The summed E-state index contributed by atoms with van der Waals surface area (Å²) in [5.41, 5.74) is 2.05. The van der Waals surface area contributed by atoms with Crippen LogP contribution >= 0.6 is 0 Å². The van der Waals surface area contributed by atoms with E-state index in [9.17, 15) is 9.59 Å². The Bertz CT molecular complexity index is 521. The minimum Gasteiger partial charge on any atom is -0.480 e. The molecule has 1 saturated heterocycles. The van der Waals surface area contributed by atoms with Crippen molar-refractivity contribution < 1.29 is 19.4 Å². The van der Waals surface area contributed by atoms with Gasteiger partial charge in [0.25, 0.3) is 0 Å². The monoisotopic (exact) mass is 275 g/mol. The molecule has 1 heterocycles. The lowest BCUT2D eigenvalue weighted by Gasteiger charge is -2.31. The fourth-order valence-corrected chi connectivity index (χ4v) is 2.01. The maximum atomic E-state index is 12.1. The average molecular weight is 275 g/mol. The molecule has 0 bridgehead atoms. The van der Waals surface area contributed by atoms with Gasteiger partial charge in [0.15, 0.2) is 6.04 Å². The Balaban J connectivity index is 2.06. The van der Waals surface area contributed by atoms with Crippen molar-refractivity contribution in [1.82, 2.24) is 4.90 Å². The number of ether oxygens (including phenoxy) is 1. The Kier molecular flexibility index (Phi) is 4.53. The predicted molar refractivity (Wildman–Crippen MR) is 74.2 cm³/mol. The van der Waals surface area contributed by atoms with Crippen LogP contribution < -0.4 is 0 Å². The maximum Gasteiger partial charge on any atom is 0.328 e. The molecule has 5 nitrogen and oxygen atoms in total. The Morgan fingerprint density at radius 1 is 1.35 bits per heavy atom. The van der Waals surface area contributed by atoms with Gasteiger partial charge in [-0.25, -0.2) is 4.79 Å². The van der Waals surface area contributed by atoms with Gasteiger partial charge >= 0.3 is 5.97 Å². The lowest BCUT2D eigenvalue weighted by atomic mass is 10.1. The number of hydrogen-bond donors (Lipinski definition) is 1. The first-order valence-electron chi connectivity index (χ1n) is 6.44. The number of amides is 1. The van der Waals surface area contributed by atoms with Gasteiger partial charge in [0.1, 0.15) is 0 Å². The fourth-order valence-electron chi connectivity index (χ4n) is 2.01. The lowest BCUT2D eigenvalue weighted by Crippen LogP contribution is -2.52. The molecular weight excluding hydrogens is 258 g/mol. The molecule has 0 aromatic heterocycles. The predicted octanol–water partition coefficient (Wildman–Crippen LogP) is 1.32. The second-order valence-electron chi connectivity index (χ2n) is 4.70. The summed E-state index contributed by atoms with van der Waals surface area (Å²) in [5.74, 6) is -1.34. The number of benzene rings is 1. The number of hydrogen-bond acceptors (Lipinski definition) is 3. The molecule has 0 saturated carbocycles. The number of aliphatic carboxylic acids is 1. The van der Waals surface area contributed by atoms with E-state index in [4.69, 9.17) is 9.84 Å². The Morgan fingerprint density at radius 3 is 2.70 bits per heavy atom. The summed E-state index contributed by atoms with van der Waals surface area (Å²) in [6, 6.07) is 6.83. The van der Waals surface area contributed by atoms with E-state index in [0.29, 0.717) is 13.2 Å². The highest BCUT2D eigenvalue weighted by atomic mass is 16.5. The van der Waals surface area contributed by atoms with Crippen molar-refractivity contribution in [3.8, 4) is 0 Å². The topological polar surface area (TPSA) is 66.8 Å². The van der Waals surface area contributed by atoms with Gasteiger partial charge in [0.05, 0.1) is 13.2 Å². The van der Waals surface area contributed by atoms with Gasteiger partial charge in [-0.15, -0.1) is 0 Å². The number of carboxylic acid groups (broad SMARTS) is 1. The Labute approximate surface area is 117 Å². The molecule has 1 aliphatic heterocycles. The number of carbonyl (C=O) groups is 2. The standard InChI is InChI=1S/C15H17NO4/c1-11-2-4-12(5-3-11)6-7-14(17)16-8-9-20-10-13(16)15(18)19/h2-7,13H,8-10H2,1H3,(H,18,19)/b7-6+/t13-/m1/s1. The van der Waals surface area contributed by atoms with Crippen molar-refractivity contribution >= 4 is 18.0 Å². The van der Waals surface area contributed by atoms with Crippen LogP contribution in [0.3, 0.4) is 0 Å². The largest absolute Gasteiger partial charge is 0.480 e. The maximum absolute atomic E-state index is 12.1. The summed E-state index contributed by atoms with van der Waals surface area (Å²) in [4.78, 5) is 24.5. The van der Waals surface area contributed by atoms with Gasteiger partial charge in [0.2, 0.25) is 5.91 Å². The molecule has 0 unspecified atom stereocenters. The Morgan fingerprint density at radius 2 is 2.05 bits per heavy atom. The zero-order valence-electron chi connectivity index (χ0n) is 11.3. The molecule has 1 fully saturated rings. The zero-order chi connectivity index (χ0) is 14.5. The highest BCUT2D eigenvalue weighted by Gasteiger charge is 2.31. The third kappa shape index (κ3) is 3.45. The van der Waals surface area contributed by atoms with Crippen molar-refractivity contribution in [3.63, 3.8) is 0 Å². The molecule has 1 aromatic carbocycles. The molecule has 0 aliphatic carbocycles. The van der Waals surface area contributed by atoms with Crippen LogP contribution in [0.5, 0.6) is 0 Å². The van der Waals surface area contributed by atoms with Crippen molar-refractivity contribution in [2.24, 2.45) is 0 Å². The second kappa shape index (κ2) is 6.34. The van der Waals surface area contributed by atoms with Crippen LogP contribution in [-0.4, -0.2) is 47.7 Å². The zero-order valence-corrected chi connectivity index (χ0v) is 11.3. The van der Waals surface area contributed by atoms with E-state index in [1.807, 2.05) is 31.2 Å². The minimum absolute atomic E-state index is 0.0411. The summed E-state index contributed by atoms with van der Waals surface area (Å²) in [6.45, 7) is 2.70. The molecule has 1 amide bonds. The summed E-state index contributed by atoms with van der Waals surface area (Å²) < 4.78 is 5.10. The van der Waals surface area contributed by atoms with Crippen LogP contribution in [-0.2, 0) is 14.3 Å². The highest BCUT2D eigenvalue weighted by Crippen LogP contribution is 2.10. The summed E-state index contributed by atoms with van der Waals surface area (Å²) in [5, 5.41) is 9.08. The van der Waals surface area contributed by atoms with Crippen LogP contribution in [0.4, 0.5) is 0 Å². The summed E-state index contributed by atoms with van der Waals surface area (Å²) >= 11 is 0. The van der Waals surface area contributed by atoms with Crippen molar-refractivity contribution in [2.45, 2.75) is 13.0 Å². The van der Waals surface area contributed by atoms with Gasteiger partial charge < -0.3 is 14.7 Å². The number of rotatable bonds is 3. The van der Waals surface area contributed by atoms with Crippen LogP contribution in [0.1, 0.15) is 11.1 Å².